The van der Waals surface area contributed by atoms with Gasteiger partial charge in [-0.3, -0.25) is 14.1 Å². The van der Waals surface area contributed by atoms with E-state index in [0.29, 0.717) is 0 Å². The lowest BCUT2D eigenvalue weighted by molar-refractivity contribution is 0.0284. The topological polar surface area (TPSA) is 95.9 Å². The Morgan fingerprint density at radius 1 is 1.54 bits per heavy atom. The van der Waals surface area contributed by atoms with Crippen molar-refractivity contribution in [2.45, 2.75) is 26.0 Å². The lowest BCUT2D eigenvalue weighted by atomic mass is 10.2. The second-order valence-corrected chi connectivity index (χ2v) is 3.66. The molecule has 3 N–H and O–H groups in total. The van der Waals surface area contributed by atoms with Crippen LogP contribution in [0, 0.1) is 0 Å². The first-order valence-corrected chi connectivity index (χ1v) is 4.99. The Balaban J connectivity index is 0. The zero-order chi connectivity index (χ0) is 11.1. The second-order valence-electron chi connectivity index (χ2n) is 2.47. The van der Waals surface area contributed by atoms with Crippen molar-refractivity contribution < 1.29 is 22.3 Å². The summed E-state index contributed by atoms with van der Waals surface area (Å²) >= 11 is 0. The molecule has 0 spiro atoms. The Labute approximate surface area is 78.9 Å². The van der Waals surface area contributed by atoms with E-state index in [-0.39, 0.29) is 0 Å². The Hall–Kier alpha value is -0.210. The summed E-state index contributed by atoms with van der Waals surface area (Å²) in [6, 6.07) is 0. The summed E-state index contributed by atoms with van der Waals surface area (Å²) in [7, 11) is -1.55. The first-order valence-electron chi connectivity index (χ1n) is 3.63. The maximum absolute atomic E-state index is 9.33. The summed E-state index contributed by atoms with van der Waals surface area (Å²) in [5.74, 6) is 0. The van der Waals surface area contributed by atoms with Crippen molar-refractivity contribution in [3.63, 3.8) is 0 Å². The van der Waals surface area contributed by atoms with Crippen LogP contribution in [0.4, 0.5) is 0 Å². The summed E-state index contributed by atoms with van der Waals surface area (Å²) in [6.45, 7) is 3.67. The van der Waals surface area contributed by atoms with Crippen LogP contribution < -0.4 is 5.32 Å². The molecule has 1 unspecified atom stereocenters. The first kappa shape index (κ1) is 15.3. The van der Waals surface area contributed by atoms with Gasteiger partial charge in [0, 0.05) is 0 Å². The number of nitrogens with one attached hydrogen (secondary N) is 1. The van der Waals surface area contributed by atoms with Gasteiger partial charge in [-0.15, -0.1) is 0 Å². The van der Waals surface area contributed by atoms with E-state index in [9.17, 15) is 8.42 Å². The molecule has 0 heterocycles. The van der Waals surface area contributed by atoms with Crippen molar-refractivity contribution in [3.8, 4) is 0 Å². The third kappa shape index (κ3) is 14.6. The summed E-state index contributed by atoms with van der Waals surface area (Å²) < 4.78 is 29.7. The molecule has 0 fully saturated rings. The van der Waals surface area contributed by atoms with Gasteiger partial charge in [0.15, 0.2) is 0 Å². The minimum Gasteiger partial charge on any atom is -0.376 e. The number of hydrogen-bond donors (Lipinski definition) is 3. The molecule has 0 radical (unpaired) electrons. The first-order chi connectivity index (χ1) is 5.68. The minimum absolute atomic E-state index is 0.667. The second kappa shape index (κ2) is 6.28. The molecule has 1 atom stereocenters. The molecular formula is C6H17NO5S. The highest BCUT2D eigenvalue weighted by molar-refractivity contribution is 7.80. The van der Waals surface area contributed by atoms with Crippen molar-refractivity contribution >= 4 is 10.4 Å². The number of aliphatic hydroxyl groups is 1. The van der Waals surface area contributed by atoms with Crippen molar-refractivity contribution in [1.82, 2.24) is 5.32 Å². The molecule has 0 saturated carbocycles. The molecule has 0 rings (SSSR count). The predicted molar refractivity (Wildman–Crippen MR) is 48.5 cm³/mol. The highest BCUT2D eigenvalue weighted by atomic mass is 32.3. The van der Waals surface area contributed by atoms with Gasteiger partial charge in [-0.25, -0.2) is 0 Å². The molecule has 6 nitrogen and oxygen atoms in total. The monoisotopic (exact) mass is 215 g/mol. The SMILES string of the molecule is CCC(C)(O)NC.COS(=O)(=O)O. The van der Waals surface area contributed by atoms with Crippen molar-refractivity contribution in [3.05, 3.63) is 0 Å². The van der Waals surface area contributed by atoms with E-state index in [2.05, 4.69) is 9.50 Å². The highest BCUT2D eigenvalue weighted by Crippen LogP contribution is 1.99. The molecule has 0 saturated heterocycles. The average molecular weight is 215 g/mol. The number of hydrogen-bond acceptors (Lipinski definition) is 5. The van der Waals surface area contributed by atoms with Gasteiger partial charge in [-0.05, 0) is 20.4 Å². The normalized spacial score (nSPS) is 15.5. The van der Waals surface area contributed by atoms with E-state index < -0.39 is 16.1 Å². The van der Waals surface area contributed by atoms with Gasteiger partial charge in [-0.2, -0.15) is 8.42 Å². The van der Waals surface area contributed by atoms with Gasteiger partial charge in [0.2, 0.25) is 0 Å². The summed E-state index contributed by atoms with van der Waals surface area (Å²) in [4.78, 5) is 0. The number of rotatable bonds is 3. The largest absolute Gasteiger partial charge is 0.397 e. The van der Waals surface area contributed by atoms with E-state index in [4.69, 9.17) is 9.66 Å². The van der Waals surface area contributed by atoms with Gasteiger partial charge < -0.3 is 5.11 Å². The summed E-state index contributed by atoms with van der Waals surface area (Å²) in [5.41, 5.74) is -0.667. The van der Waals surface area contributed by atoms with Crippen LogP contribution >= 0.6 is 0 Å². The Morgan fingerprint density at radius 2 is 1.85 bits per heavy atom. The average Bonchev–Trinajstić information content (AvgIpc) is 2.04. The van der Waals surface area contributed by atoms with Crippen LogP contribution in [0.5, 0.6) is 0 Å². The summed E-state index contributed by atoms with van der Waals surface area (Å²) in [6.07, 6.45) is 0.740. The van der Waals surface area contributed by atoms with Gasteiger partial charge >= 0.3 is 10.4 Å². The molecule has 0 aromatic carbocycles. The molecule has 0 amide bonds. The Kier molecular flexibility index (Phi) is 7.37. The standard InChI is InChI=1S/C5H13NO.CH4O4S/c1-4-5(2,7)6-3;1-5-6(2,3)4/h6-7H,4H2,1-3H3;1H3,(H,2,3,4). The molecule has 7 heteroatoms. The minimum atomic E-state index is -4.16. The van der Waals surface area contributed by atoms with E-state index in [1.54, 1.807) is 14.0 Å². The smallest absolute Gasteiger partial charge is 0.376 e. The van der Waals surface area contributed by atoms with Crippen LogP contribution in [-0.4, -0.2) is 38.0 Å². The maximum atomic E-state index is 9.33. The molecule has 0 aliphatic carbocycles. The Morgan fingerprint density at radius 3 is 1.85 bits per heavy atom. The lowest BCUT2D eigenvalue weighted by Gasteiger charge is -2.19. The van der Waals surface area contributed by atoms with Crippen molar-refractivity contribution in [1.29, 1.82) is 0 Å². The molecule has 0 aromatic heterocycles. The Bertz CT molecular complexity index is 205. The van der Waals surface area contributed by atoms with Crippen LogP contribution in [-0.2, 0) is 14.6 Å². The molecule has 0 aromatic rings. The quantitative estimate of drug-likeness (QED) is 0.444. The fourth-order valence-electron chi connectivity index (χ4n) is 0.177. The predicted octanol–water partition coefficient (Wildman–Crippen LogP) is -0.240. The van der Waals surface area contributed by atoms with Crippen LogP contribution in [0.1, 0.15) is 20.3 Å². The maximum Gasteiger partial charge on any atom is 0.397 e. The van der Waals surface area contributed by atoms with Crippen LogP contribution in [0.15, 0.2) is 0 Å². The van der Waals surface area contributed by atoms with Crippen LogP contribution in [0.3, 0.4) is 0 Å². The fourth-order valence-corrected chi connectivity index (χ4v) is 0.177. The molecule has 0 bridgehead atoms. The van der Waals surface area contributed by atoms with Gasteiger partial charge in [0.25, 0.3) is 0 Å². The molecule has 0 aliphatic rings. The molecule has 13 heavy (non-hydrogen) atoms. The van der Waals surface area contributed by atoms with E-state index in [1.165, 1.54) is 0 Å². The van der Waals surface area contributed by atoms with E-state index in [0.717, 1.165) is 13.5 Å². The fraction of sp³-hybridized carbons (Fsp3) is 1.00. The zero-order valence-corrected chi connectivity index (χ0v) is 9.05. The third-order valence-electron chi connectivity index (χ3n) is 1.44. The summed E-state index contributed by atoms with van der Waals surface area (Å²) in [5, 5.41) is 11.8. The van der Waals surface area contributed by atoms with E-state index in [1.807, 2.05) is 6.92 Å². The van der Waals surface area contributed by atoms with Crippen molar-refractivity contribution in [2.24, 2.45) is 0 Å². The van der Waals surface area contributed by atoms with E-state index >= 15 is 0 Å². The molecule has 0 aliphatic heterocycles. The highest BCUT2D eigenvalue weighted by Gasteiger charge is 2.11. The lowest BCUT2D eigenvalue weighted by Crippen LogP contribution is -2.38. The molecule has 82 valence electrons. The van der Waals surface area contributed by atoms with Crippen molar-refractivity contribution in [2.75, 3.05) is 14.2 Å². The molecular weight excluding hydrogens is 198 g/mol. The van der Waals surface area contributed by atoms with Gasteiger partial charge in [0.1, 0.15) is 5.72 Å². The van der Waals surface area contributed by atoms with Crippen LogP contribution in [0.25, 0.3) is 0 Å². The third-order valence-corrected chi connectivity index (χ3v) is 1.86. The van der Waals surface area contributed by atoms with Gasteiger partial charge in [0.05, 0.1) is 7.11 Å². The van der Waals surface area contributed by atoms with Crippen LogP contribution in [0.2, 0.25) is 0 Å². The zero-order valence-electron chi connectivity index (χ0n) is 8.23. The van der Waals surface area contributed by atoms with Gasteiger partial charge in [-0.1, -0.05) is 6.92 Å².